The van der Waals surface area contributed by atoms with Crippen LogP contribution in [0.1, 0.15) is 5.82 Å². The first-order valence-corrected chi connectivity index (χ1v) is 5.22. The van der Waals surface area contributed by atoms with Gasteiger partial charge in [-0.1, -0.05) is 24.3 Å². The summed E-state index contributed by atoms with van der Waals surface area (Å²) in [5.74, 6) is 0.795. The van der Waals surface area contributed by atoms with E-state index in [1.54, 1.807) is 0 Å². The molecule has 16 heavy (non-hydrogen) atoms. The van der Waals surface area contributed by atoms with Crippen molar-refractivity contribution in [2.24, 2.45) is 0 Å². The van der Waals surface area contributed by atoms with Crippen molar-refractivity contribution < 1.29 is 5.11 Å². The number of aliphatic hydroxyl groups is 1. The average molecular weight is 213 g/mol. The van der Waals surface area contributed by atoms with E-state index < -0.39 is 0 Å². The molecule has 0 saturated carbocycles. The maximum Gasteiger partial charge on any atom is 0.168 e. The van der Waals surface area contributed by atoms with Crippen molar-refractivity contribution >= 4 is 16.4 Å². The van der Waals surface area contributed by atoms with Gasteiger partial charge >= 0.3 is 0 Å². The van der Waals surface area contributed by atoms with E-state index in [2.05, 4.69) is 16.3 Å². The van der Waals surface area contributed by atoms with Gasteiger partial charge in [0.05, 0.1) is 6.61 Å². The molecule has 0 atom stereocenters. The largest absolute Gasteiger partial charge is 0.396 e. The molecule has 2 aromatic heterocycles. The minimum atomic E-state index is 0.0909. The van der Waals surface area contributed by atoms with Crippen LogP contribution in [0.2, 0.25) is 0 Å². The van der Waals surface area contributed by atoms with Crippen molar-refractivity contribution in [2.45, 2.75) is 6.42 Å². The van der Waals surface area contributed by atoms with Crippen LogP contribution in [-0.2, 0) is 6.42 Å². The molecule has 4 nitrogen and oxygen atoms in total. The van der Waals surface area contributed by atoms with E-state index in [4.69, 9.17) is 5.11 Å². The summed E-state index contributed by atoms with van der Waals surface area (Å²) in [6, 6.07) is 10.1. The highest BCUT2D eigenvalue weighted by Gasteiger charge is 2.07. The van der Waals surface area contributed by atoms with Crippen LogP contribution in [0.5, 0.6) is 0 Å². The van der Waals surface area contributed by atoms with E-state index in [0.717, 1.165) is 22.2 Å². The second kappa shape index (κ2) is 3.57. The van der Waals surface area contributed by atoms with E-state index in [-0.39, 0.29) is 6.61 Å². The van der Waals surface area contributed by atoms with E-state index in [0.29, 0.717) is 6.42 Å². The molecule has 1 aromatic carbocycles. The van der Waals surface area contributed by atoms with Gasteiger partial charge in [0.15, 0.2) is 5.65 Å². The number of hydrogen-bond acceptors (Lipinski definition) is 3. The first-order chi connectivity index (χ1) is 7.90. The Morgan fingerprint density at radius 3 is 2.88 bits per heavy atom. The average Bonchev–Trinajstić information content (AvgIpc) is 2.73. The molecular weight excluding hydrogens is 202 g/mol. The lowest BCUT2D eigenvalue weighted by atomic mass is 10.2. The molecule has 0 aliphatic rings. The number of nitrogens with zero attached hydrogens (tertiary/aromatic N) is 3. The molecule has 4 heteroatoms. The maximum absolute atomic E-state index is 8.93. The van der Waals surface area contributed by atoms with Gasteiger partial charge in [-0.15, -0.1) is 10.2 Å². The van der Waals surface area contributed by atoms with Crippen molar-refractivity contribution in [3.8, 4) is 0 Å². The molecule has 3 rings (SSSR count). The Morgan fingerprint density at radius 1 is 1.12 bits per heavy atom. The molecule has 0 saturated heterocycles. The van der Waals surface area contributed by atoms with Crippen LogP contribution < -0.4 is 0 Å². The summed E-state index contributed by atoms with van der Waals surface area (Å²) in [5.41, 5.74) is 0.849. The Morgan fingerprint density at radius 2 is 2.00 bits per heavy atom. The van der Waals surface area contributed by atoms with Crippen LogP contribution in [0.3, 0.4) is 0 Å². The normalized spacial score (nSPS) is 11.3. The molecule has 1 N–H and O–H groups in total. The van der Waals surface area contributed by atoms with Crippen LogP contribution in [0.4, 0.5) is 0 Å². The lowest BCUT2D eigenvalue weighted by Gasteiger charge is -2.00. The Hall–Kier alpha value is -1.94. The standard InChI is InChI=1S/C12H11N3O/c16-8-6-11-13-14-12-10-4-2-1-3-9(10)5-7-15(11)12/h1-5,7,16H,6,8H2. The van der Waals surface area contributed by atoms with Crippen LogP contribution in [0.25, 0.3) is 16.4 Å². The fraction of sp³-hybridized carbons (Fsp3) is 0.167. The number of aromatic nitrogens is 3. The SMILES string of the molecule is OCCc1nnc2c3ccccc3ccn12. The summed E-state index contributed by atoms with van der Waals surface area (Å²) in [6.45, 7) is 0.0909. The summed E-state index contributed by atoms with van der Waals surface area (Å²) in [6.07, 6.45) is 2.47. The molecule has 0 unspecified atom stereocenters. The van der Waals surface area contributed by atoms with Crippen LogP contribution in [0, 0.1) is 0 Å². The lowest BCUT2D eigenvalue weighted by molar-refractivity contribution is 0.296. The third kappa shape index (κ3) is 1.27. The van der Waals surface area contributed by atoms with Gasteiger partial charge in [0, 0.05) is 18.0 Å². The van der Waals surface area contributed by atoms with Crippen molar-refractivity contribution in [2.75, 3.05) is 6.61 Å². The lowest BCUT2D eigenvalue weighted by Crippen LogP contribution is -1.97. The third-order valence-corrected chi connectivity index (χ3v) is 2.71. The molecular formula is C12H11N3O. The zero-order chi connectivity index (χ0) is 11.0. The fourth-order valence-corrected chi connectivity index (χ4v) is 1.94. The Labute approximate surface area is 92.2 Å². The van der Waals surface area contributed by atoms with E-state index >= 15 is 0 Å². The molecule has 0 bridgehead atoms. The number of rotatable bonds is 2. The summed E-state index contributed by atoms with van der Waals surface area (Å²) in [7, 11) is 0. The minimum Gasteiger partial charge on any atom is -0.396 e. The monoisotopic (exact) mass is 213 g/mol. The van der Waals surface area contributed by atoms with Gasteiger partial charge in [-0.2, -0.15) is 0 Å². The van der Waals surface area contributed by atoms with E-state index in [9.17, 15) is 0 Å². The topological polar surface area (TPSA) is 50.4 Å². The van der Waals surface area contributed by atoms with Gasteiger partial charge in [-0.25, -0.2) is 0 Å². The van der Waals surface area contributed by atoms with Gasteiger partial charge in [-0.05, 0) is 11.5 Å². The first kappa shape index (κ1) is 9.30. The number of hydrogen-bond donors (Lipinski definition) is 1. The molecule has 0 fully saturated rings. The Balaban J connectivity index is 2.36. The Kier molecular flexibility index (Phi) is 2.08. The second-order valence-electron chi connectivity index (χ2n) is 3.69. The highest BCUT2D eigenvalue weighted by atomic mass is 16.3. The third-order valence-electron chi connectivity index (χ3n) is 2.71. The maximum atomic E-state index is 8.93. The highest BCUT2D eigenvalue weighted by molar-refractivity contribution is 5.93. The molecule has 3 aromatic rings. The molecule has 0 radical (unpaired) electrons. The van der Waals surface area contributed by atoms with E-state index in [1.807, 2.05) is 34.9 Å². The minimum absolute atomic E-state index is 0.0909. The van der Waals surface area contributed by atoms with Crippen molar-refractivity contribution in [1.82, 2.24) is 14.6 Å². The quantitative estimate of drug-likeness (QED) is 0.700. The van der Waals surface area contributed by atoms with Crippen LogP contribution in [0.15, 0.2) is 36.5 Å². The molecule has 0 spiro atoms. The number of fused-ring (bicyclic) bond motifs is 3. The number of aliphatic hydroxyl groups excluding tert-OH is 1. The van der Waals surface area contributed by atoms with Crippen molar-refractivity contribution in [3.63, 3.8) is 0 Å². The Bertz CT molecular complexity index is 645. The first-order valence-electron chi connectivity index (χ1n) is 5.22. The van der Waals surface area contributed by atoms with E-state index in [1.165, 1.54) is 0 Å². The van der Waals surface area contributed by atoms with Gasteiger partial charge in [0.25, 0.3) is 0 Å². The smallest absolute Gasteiger partial charge is 0.168 e. The molecule has 80 valence electrons. The highest BCUT2D eigenvalue weighted by Crippen LogP contribution is 2.18. The molecule has 0 amide bonds. The second-order valence-corrected chi connectivity index (χ2v) is 3.69. The predicted molar refractivity (Wildman–Crippen MR) is 61.3 cm³/mol. The summed E-state index contributed by atoms with van der Waals surface area (Å²) >= 11 is 0. The van der Waals surface area contributed by atoms with Gasteiger partial charge in [-0.3, -0.25) is 4.40 Å². The summed E-state index contributed by atoms with van der Waals surface area (Å²) < 4.78 is 1.93. The van der Waals surface area contributed by atoms with Gasteiger partial charge in [0.2, 0.25) is 0 Å². The number of benzene rings is 1. The van der Waals surface area contributed by atoms with Gasteiger partial charge in [0.1, 0.15) is 5.82 Å². The zero-order valence-corrected chi connectivity index (χ0v) is 8.67. The van der Waals surface area contributed by atoms with Gasteiger partial charge < -0.3 is 5.11 Å². The van der Waals surface area contributed by atoms with Crippen LogP contribution in [-0.4, -0.2) is 26.3 Å². The summed E-state index contributed by atoms with van der Waals surface area (Å²) in [5, 5.41) is 19.4. The molecule has 0 aliphatic heterocycles. The molecule has 0 aliphatic carbocycles. The zero-order valence-electron chi connectivity index (χ0n) is 8.67. The summed E-state index contributed by atoms with van der Waals surface area (Å²) in [4.78, 5) is 0. The fourth-order valence-electron chi connectivity index (χ4n) is 1.94. The number of pyridine rings is 1. The van der Waals surface area contributed by atoms with Crippen molar-refractivity contribution in [3.05, 3.63) is 42.4 Å². The van der Waals surface area contributed by atoms with Crippen LogP contribution >= 0.6 is 0 Å². The van der Waals surface area contributed by atoms with Crippen molar-refractivity contribution in [1.29, 1.82) is 0 Å². The molecule has 2 heterocycles. The predicted octanol–water partition coefficient (Wildman–Crippen LogP) is 1.42.